The SMILES string of the molecule is Cc1cccc(C(=O)NCCCc2ncn[nH]2)n1. The number of hydrogen-bond acceptors (Lipinski definition) is 4. The van der Waals surface area contributed by atoms with Crippen LogP contribution in [0, 0.1) is 6.92 Å². The standard InChI is InChI=1S/C12H15N5O/c1-9-4-2-5-10(16-9)12(18)13-7-3-6-11-14-8-15-17-11/h2,4-5,8H,3,6-7H2,1H3,(H,13,18)(H,14,15,17). The van der Waals surface area contributed by atoms with Gasteiger partial charge in [-0.25, -0.2) is 9.97 Å². The number of carbonyl (C=O) groups is 1. The van der Waals surface area contributed by atoms with Crippen molar-refractivity contribution < 1.29 is 4.79 Å². The predicted molar refractivity (Wildman–Crippen MR) is 66.0 cm³/mol. The fourth-order valence-electron chi connectivity index (χ4n) is 1.57. The molecular formula is C12H15N5O. The van der Waals surface area contributed by atoms with E-state index >= 15 is 0 Å². The van der Waals surface area contributed by atoms with E-state index < -0.39 is 0 Å². The quantitative estimate of drug-likeness (QED) is 0.766. The van der Waals surface area contributed by atoms with Crippen LogP contribution in [0.3, 0.4) is 0 Å². The molecule has 2 aromatic rings. The van der Waals surface area contributed by atoms with Gasteiger partial charge >= 0.3 is 0 Å². The number of rotatable bonds is 5. The lowest BCUT2D eigenvalue weighted by atomic mass is 10.2. The Morgan fingerprint density at radius 3 is 3.06 bits per heavy atom. The third kappa shape index (κ3) is 3.38. The van der Waals surface area contributed by atoms with E-state index in [0.29, 0.717) is 12.2 Å². The van der Waals surface area contributed by atoms with Gasteiger partial charge in [0, 0.05) is 18.7 Å². The van der Waals surface area contributed by atoms with Gasteiger partial charge in [-0.3, -0.25) is 9.89 Å². The van der Waals surface area contributed by atoms with Crippen LogP contribution in [0.4, 0.5) is 0 Å². The molecule has 2 aromatic heterocycles. The van der Waals surface area contributed by atoms with Gasteiger partial charge < -0.3 is 5.32 Å². The fourth-order valence-corrected chi connectivity index (χ4v) is 1.57. The summed E-state index contributed by atoms with van der Waals surface area (Å²) in [6.45, 7) is 2.45. The molecule has 0 spiro atoms. The van der Waals surface area contributed by atoms with Gasteiger partial charge in [0.1, 0.15) is 17.8 Å². The van der Waals surface area contributed by atoms with Crippen LogP contribution in [0.25, 0.3) is 0 Å². The van der Waals surface area contributed by atoms with E-state index in [2.05, 4.69) is 25.5 Å². The maximum Gasteiger partial charge on any atom is 0.269 e. The van der Waals surface area contributed by atoms with Gasteiger partial charge in [0.15, 0.2) is 0 Å². The molecule has 6 heteroatoms. The highest BCUT2D eigenvalue weighted by atomic mass is 16.1. The largest absolute Gasteiger partial charge is 0.351 e. The molecule has 2 heterocycles. The number of nitrogens with one attached hydrogen (secondary N) is 2. The Labute approximate surface area is 105 Å². The highest BCUT2D eigenvalue weighted by Gasteiger charge is 2.06. The maximum absolute atomic E-state index is 11.7. The topological polar surface area (TPSA) is 83.6 Å². The van der Waals surface area contributed by atoms with E-state index in [4.69, 9.17) is 0 Å². The molecule has 0 aliphatic rings. The van der Waals surface area contributed by atoms with Crippen molar-refractivity contribution in [1.82, 2.24) is 25.5 Å². The molecule has 0 aliphatic carbocycles. The minimum Gasteiger partial charge on any atom is -0.351 e. The number of pyridine rings is 1. The molecule has 18 heavy (non-hydrogen) atoms. The summed E-state index contributed by atoms with van der Waals surface area (Å²) in [5.74, 6) is 0.689. The Balaban J connectivity index is 1.75. The van der Waals surface area contributed by atoms with Crippen LogP contribution in [0.2, 0.25) is 0 Å². The second-order valence-corrected chi connectivity index (χ2v) is 3.96. The summed E-state index contributed by atoms with van der Waals surface area (Å²) in [4.78, 5) is 19.9. The van der Waals surface area contributed by atoms with E-state index in [1.165, 1.54) is 6.33 Å². The normalized spacial score (nSPS) is 10.3. The summed E-state index contributed by atoms with van der Waals surface area (Å²) in [6, 6.07) is 5.39. The van der Waals surface area contributed by atoms with E-state index in [-0.39, 0.29) is 5.91 Å². The number of hydrogen-bond donors (Lipinski definition) is 2. The molecule has 0 bridgehead atoms. The van der Waals surface area contributed by atoms with Gasteiger partial charge in [-0.15, -0.1) is 0 Å². The third-order valence-electron chi connectivity index (χ3n) is 2.46. The molecule has 1 amide bonds. The van der Waals surface area contributed by atoms with Gasteiger partial charge in [-0.2, -0.15) is 5.10 Å². The minimum absolute atomic E-state index is 0.142. The van der Waals surface area contributed by atoms with Crippen molar-refractivity contribution >= 4 is 5.91 Å². The number of H-pyrrole nitrogens is 1. The number of amides is 1. The average molecular weight is 245 g/mol. The number of aromatic amines is 1. The van der Waals surface area contributed by atoms with Gasteiger partial charge in [0.2, 0.25) is 0 Å². The Morgan fingerprint density at radius 2 is 2.33 bits per heavy atom. The monoisotopic (exact) mass is 245 g/mol. The lowest BCUT2D eigenvalue weighted by molar-refractivity contribution is 0.0948. The highest BCUT2D eigenvalue weighted by Crippen LogP contribution is 1.98. The first-order chi connectivity index (χ1) is 8.75. The van der Waals surface area contributed by atoms with Crippen molar-refractivity contribution in [1.29, 1.82) is 0 Å². The van der Waals surface area contributed by atoms with Gasteiger partial charge in [0.25, 0.3) is 5.91 Å². The summed E-state index contributed by atoms with van der Waals surface area (Å²) >= 11 is 0. The lowest BCUT2D eigenvalue weighted by Crippen LogP contribution is -2.25. The Kier molecular flexibility index (Phi) is 4.01. The molecule has 2 rings (SSSR count). The summed E-state index contributed by atoms with van der Waals surface area (Å²) in [6.07, 6.45) is 3.05. The molecule has 0 unspecified atom stereocenters. The van der Waals surface area contributed by atoms with Crippen molar-refractivity contribution in [2.75, 3.05) is 6.54 Å². The Bertz CT molecular complexity index is 509. The van der Waals surface area contributed by atoms with Crippen LogP contribution in [0.1, 0.15) is 28.4 Å². The van der Waals surface area contributed by atoms with Crippen LogP contribution < -0.4 is 5.32 Å². The molecule has 0 fully saturated rings. The molecule has 2 N–H and O–H groups in total. The fraction of sp³-hybridized carbons (Fsp3) is 0.333. The van der Waals surface area contributed by atoms with Crippen molar-refractivity contribution in [2.24, 2.45) is 0 Å². The Morgan fingerprint density at radius 1 is 1.44 bits per heavy atom. The smallest absolute Gasteiger partial charge is 0.269 e. The van der Waals surface area contributed by atoms with Crippen LogP contribution in [-0.4, -0.2) is 32.6 Å². The van der Waals surface area contributed by atoms with E-state index in [1.54, 1.807) is 6.07 Å². The highest BCUT2D eigenvalue weighted by molar-refractivity contribution is 5.92. The third-order valence-corrected chi connectivity index (χ3v) is 2.46. The first-order valence-electron chi connectivity index (χ1n) is 5.82. The van der Waals surface area contributed by atoms with E-state index in [1.807, 2.05) is 19.1 Å². The lowest BCUT2D eigenvalue weighted by Gasteiger charge is -2.04. The minimum atomic E-state index is -0.142. The summed E-state index contributed by atoms with van der Waals surface area (Å²) in [7, 11) is 0. The van der Waals surface area contributed by atoms with Crippen LogP contribution in [0.15, 0.2) is 24.5 Å². The predicted octanol–water partition coefficient (Wildman–Crippen LogP) is 0.871. The molecule has 0 saturated heterocycles. The van der Waals surface area contributed by atoms with Crippen LogP contribution in [-0.2, 0) is 6.42 Å². The molecular weight excluding hydrogens is 230 g/mol. The van der Waals surface area contributed by atoms with Crippen molar-refractivity contribution in [3.05, 3.63) is 41.7 Å². The first-order valence-corrected chi connectivity index (χ1v) is 5.82. The van der Waals surface area contributed by atoms with Gasteiger partial charge in [-0.05, 0) is 25.5 Å². The van der Waals surface area contributed by atoms with Crippen LogP contribution in [0.5, 0.6) is 0 Å². The zero-order valence-corrected chi connectivity index (χ0v) is 10.2. The summed E-state index contributed by atoms with van der Waals surface area (Å²) in [5, 5.41) is 9.36. The van der Waals surface area contributed by atoms with Gasteiger partial charge in [-0.1, -0.05) is 6.07 Å². The molecule has 0 saturated carbocycles. The van der Waals surface area contributed by atoms with Crippen molar-refractivity contribution in [3.63, 3.8) is 0 Å². The molecule has 0 radical (unpaired) electrons. The van der Waals surface area contributed by atoms with E-state index in [9.17, 15) is 4.79 Å². The van der Waals surface area contributed by atoms with Gasteiger partial charge in [0.05, 0.1) is 0 Å². The van der Waals surface area contributed by atoms with Crippen molar-refractivity contribution in [3.8, 4) is 0 Å². The second kappa shape index (κ2) is 5.90. The van der Waals surface area contributed by atoms with Crippen molar-refractivity contribution in [2.45, 2.75) is 19.8 Å². The molecule has 0 aliphatic heterocycles. The summed E-state index contributed by atoms with van der Waals surface area (Å²) in [5.41, 5.74) is 1.29. The average Bonchev–Trinajstić information content (AvgIpc) is 2.87. The molecule has 0 atom stereocenters. The Hall–Kier alpha value is -2.24. The number of nitrogens with zero attached hydrogens (tertiary/aromatic N) is 3. The zero-order chi connectivity index (χ0) is 12.8. The number of aromatic nitrogens is 4. The molecule has 0 aromatic carbocycles. The van der Waals surface area contributed by atoms with Crippen LogP contribution >= 0.6 is 0 Å². The maximum atomic E-state index is 11.7. The number of aryl methyl sites for hydroxylation is 2. The second-order valence-electron chi connectivity index (χ2n) is 3.96. The zero-order valence-electron chi connectivity index (χ0n) is 10.2. The number of carbonyl (C=O) groups excluding carboxylic acids is 1. The summed E-state index contributed by atoms with van der Waals surface area (Å²) < 4.78 is 0. The van der Waals surface area contributed by atoms with E-state index in [0.717, 1.165) is 24.4 Å². The first kappa shape index (κ1) is 12.2. The molecule has 6 nitrogen and oxygen atoms in total. The molecule has 94 valence electrons.